The van der Waals surface area contributed by atoms with Crippen LogP contribution in [0.15, 0.2) is 24.3 Å². The Kier molecular flexibility index (Phi) is 7.56. The fraction of sp³-hybridized carbons (Fsp3) is 0.600. The van der Waals surface area contributed by atoms with Gasteiger partial charge in [0.25, 0.3) is 5.69 Å². The molecule has 1 saturated heterocycles. The van der Waals surface area contributed by atoms with Crippen molar-refractivity contribution in [2.75, 3.05) is 26.2 Å². The second-order valence-corrected chi connectivity index (χ2v) is 5.83. The minimum absolute atomic E-state index is 0. The molecule has 124 valence electrons. The second kappa shape index (κ2) is 8.67. The highest BCUT2D eigenvalue weighted by Gasteiger charge is 2.30. The third-order valence-corrected chi connectivity index (χ3v) is 4.31. The van der Waals surface area contributed by atoms with Gasteiger partial charge in [-0.1, -0.05) is 25.0 Å². The van der Waals surface area contributed by atoms with E-state index in [1.165, 1.54) is 12.8 Å². The molecule has 1 aromatic carbocycles. The van der Waals surface area contributed by atoms with Gasteiger partial charge >= 0.3 is 0 Å². The lowest BCUT2D eigenvalue weighted by molar-refractivity contribution is -0.385. The molecule has 3 rings (SSSR count). The average molecular weight is 348 g/mol. The van der Waals surface area contributed by atoms with Crippen molar-refractivity contribution in [1.29, 1.82) is 0 Å². The van der Waals surface area contributed by atoms with Crippen molar-refractivity contribution in [1.82, 2.24) is 10.2 Å². The number of nitrogens with zero attached hydrogens (tertiary/aromatic N) is 2. The van der Waals surface area contributed by atoms with Gasteiger partial charge in [0.05, 0.1) is 4.92 Å². The minimum Gasteiger partial charge on any atom is -0.314 e. The minimum atomic E-state index is -0.296. The molecule has 2 aliphatic rings. The van der Waals surface area contributed by atoms with Crippen LogP contribution in [0.1, 0.15) is 30.9 Å². The number of nitrogens with one attached hydrogen (secondary N) is 1. The first-order valence-electron chi connectivity index (χ1n) is 7.43. The summed E-state index contributed by atoms with van der Waals surface area (Å²) in [6, 6.07) is 7.53. The Hall–Kier alpha value is -0.880. The van der Waals surface area contributed by atoms with Crippen molar-refractivity contribution in [3.05, 3.63) is 39.9 Å². The molecule has 22 heavy (non-hydrogen) atoms. The second-order valence-electron chi connectivity index (χ2n) is 5.83. The van der Waals surface area contributed by atoms with Crippen LogP contribution in [0.3, 0.4) is 0 Å². The van der Waals surface area contributed by atoms with Crippen molar-refractivity contribution in [3.63, 3.8) is 0 Å². The smallest absolute Gasteiger partial charge is 0.269 e. The lowest BCUT2D eigenvalue weighted by Gasteiger charge is -2.35. The van der Waals surface area contributed by atoms with E-state index in [0.717, 1.165) is 44.1 Å². The maximum atomic E-state index is 11.0. The molecular weight excluding hydrogens is 325 g/mol. The molecule has 5 nitrogen and oxygen atoms in total. The molecule has 7 heteroatoms. The van der Waals surface area contributed by atoms with Gasteiger partial charge in [-0.25, -0.2) is 0 Å². The van der Waals surface area contributed by atoms with E-state index in [1.807, 2.05) is 12.1 Å². The molecule has 0 bridgehead atoms. The van der Waals surface area contributed by atoms with Crippen molar-refractivity contribution >= 4 is 30.5 Å². The fourth-order valence-electron chi connectivity index (χ4n) is 3.00. The van der Waals surface area contributed by atoms with E-state index < -0.39 is 0 Å². The Balaban J connectivity index is 0.00000121. The molecule has 0 amide bonds. The molecule has 1 atom stereocenters. The van der Waals surface area contributed by atoms with Crippen molar-refractivity contribution in [3.8, 4) is 0 Å². The Morgan fingerprint density at radius 2 is 1.95 bits per heavy atom. The third kappa shape index (κ3) is 4.81. The summed E-state index contributed by atoms with van der Waals surface area (Å²) in [7, 11) is 0. The normalized spacial score (nSPS) is 19.6. The molecule has 1 saturated carbocycles. The van der Waals surface area contributed by atoms with Crippen LogP contribution in [0.5, 0.6) is 0 Å². The number of hydrogen-bond donors (Lipinski definition) is 1. The van der Waals surface area contributed by atoms with Gasteiger partial charge in [-0.3, -0.25) is 15.0 Å². The number of piperazine rings is 1. The van der Waals surface area contributed by atoms with E-state index in [1.54, 1.807) is 12.1 Å². The average Bonchev–Trinajstić information content (AvgIpc) is 3.30. The molecule has 1 aliphatic carbocycles. The Bertz CT molecular complexity index is 491. The lowest BCUT2D eigenvalue weighted by atomic mass is 9.98. The summed E-state index contributed by atoms with van der Waals surface area (Å²) in [4.78, 5) is 13.2. The van der Waals surface area contributed by atoms with Crippen molar-refractivity contribution < 1.29 is 4.92 Å². The lowest BCUT2D eigenvalue weighted by Crippen LogP contribution is -2.45. The summed E-state index contributed by atoms with van der Waals surface area (Å²) in [5.74, 6) is 0.814. The van der Waals surface area contributed by atoms with Gasteiger partial charge in [-0.05, 0) is 17.9 Å². The van der Waals surface area contributed by atoms with Gasteiger partial charge in [0, 0.05) is 44.4 Å². The zero-order valence-electron chi connectivity index (χ0n) is 12.4. The van der Waals surface area contributed by atoms with Crippen LogP contribution in [0.2, 0.25) is 0 Å². The summed E-state index contributed by atoms with van der Waals surface area (Å²) in [5, 5.41) is 14.3. The number of rotatable bonds is 5. The predicted octanol–water partition coefficient (Wildman–Crippen LogP) is 3.18. The maximum Gasteiger partial charge on any atom is 0.269 e. The molecule has 1 heterocycles. The first-order valence-corrected chi connectivity index (χ1v) is 7.43. The fourth-order valence-corrected chi connectivity index (χ4v) is 3.00. The number of non-ortho nitro benzene ring substituents is 1. The molecule has 0 aromatic heterocycles. The molecule has 0 spiro atoms. The van der Waals surface area contributed by atoms with Gasteiger partial charge in [-0.15, -0.1) is 24.8 Å². The van der Waals surface area contributed by atoms with Gasteiger partial charge in [0.2, 0.25) is 0 Å². The quantitative estimate of drug-likeness (QED) is 0.656. The van der Waals surface area contributed by atoms with Gasteiger partial charge in [-0.2, -0.15) is 0 Å². The molecule has 0 unspecified atom stereocenters. The van der Waals surface area contributed by atoms with Crippen molar-refractivity contribution in [2.24, 2.45) is 5.92 Å². The number of hydrogen-bond acceptors (Lipinski definition) is 4. The molecule has 1 aliphatic heterocycles. The highest BCUT2D eigenvalue weighted by Crippen LogP contribution is 2.40. The Morgan fingerprint density at radius 1 is 1.27 bits per heavy atom. The maximum absolute atomic E-state index is 11.0. The van der Waals surface area contributed by atoms with Crippen LogP contribution in [-0.2, 0) is 0 Å². The van der Waals surface area contributed by atoms with Crippen molar-refractivity contribution in [2.45, 2.75) is 25.3 Å². The van der Waals surface area contributed by atoms with Crippen LogP contribution in [0.4, 0.5) is 5.69 Å². The van der Waals surface area contributed by atoms with Crippen LogP contribution in [0, 0.1) is 16.0 Å². The van der Waals surface area contributed by atoms with Crippen LogP contribution in [0.25, 0.3) is 0 Å². The van der Waals surface area contributed by atoms with Gasteiger partial charge in [0.1, 0.15) is 0 Å². The first kappa shape index (κ1) is 19.2. The van der Waals surface area contributed by atoms with E-state index in [0.29, 0.717) is 6.04 Å². The topological polar surface area (TPSA) is 58.4 Å². The van der Waals surface area contributed by atoms with Gasteiger partial charge in [0.15, 0.2) is 0 Å². The highest BCUT2D eigenvalue weighted by molar-refractivity contribution is 5.85. The summed E-state index contributed by atoms with van der Waals surface area (Å²) < 4.78 is 0. The Morgan fingerprint density at radius 3 is 2.55 bits per heavy atom. The van der Waals surface area contributed by atoms with Gasteiger partial charge < -0.3 is 5.32 Å². The molecule has 0 radical (unpaired) electrons. The molecule has 2 fully saturated rings. The highest BCUT2D eigenvalue weighted by atomic mass is 35.5. The third-order valence-electron chi connectivity index (χ3n) is 4.31. The SMILES string of the molecule is Cl.Cl.O=[N+]([O-])c1cccc([C@H](CC2CC2)N2CCNCC2)c1. The zero-order chi connectivity index (χ0) is 13.9. The summed E-state index contributed by atoms with van der Waals surface area (Å²) >= 11 is 0. The van der Waals surface area contributed by atoms with Crippen LogP contribution in [-0.4, -0.2) is 36.0 Å². The molecular formula is C15H23Cl2N3O2. The first-order chi connectivity index (χ1) is 9.74. The zero-order valence-corrected chi connectivity index (χ0v) is 14.1. The van der Waals surface area contributed by atoms with E-state index >= 15 is 0 Å². The Labute approximate surface area is 143 Å². The number of nitro benzene ring substituents is 1. The van der Waals surface area contributed by atoms with E-state index in [4.69, 9.17) is 0 Å². The summed E-state index contributed by atoms with van der Waals surface area (Å²) in [5.41, 5.74) is 1.31. The number of benzene rings is 1. The monoisotopic (exact) mass is 347 g/mol. The van der Waals surface area contributed by atoms with E-state index in [2.05, 4.69) is 10.2 Å². The largest absolute Gasteiger partial charge is 0.314 e. The standard InChI is InChI=1S/C15H21N3O2.2ClH/c19-18(20)14-3-1-2-13(11-14)15(10-12-4-5-12)17-8-6-16-7-9-17;;/h1-3,11-12,15-16H,4-10H2;2*1H/t15-;;/m0../s1. The number of halogens is 2. The summed E-state index contributed by atoms with van der Waals surface area (Å²) in [6.45, 7) is 4.08. The number of nitro groups is 1. The summed E-state index contributed by atoms with van der Waals surface area (Å²) in [6.07, 6.45) is 3.77. The van der Waals surface area contributed by atoms with E-state index in [9.17, 15) is 10.1 Å². The predicted molar refractivity (Wildman–Crippen MR) is 92.1 cm³/mol. The molecule has 1 aromatic rings. The van der Waals surface area contributed by atoms with E-state index in [-0.39, 0.29) is 35.4 Å². The molecule has 1 N–H and O–H groups in total. The van der Waals surface area contributed by atoms with Crippen LogP contribution < -0.4 is 5.32 Å². The van der Waals surface area contributed by atoms with Crippen LogP contribution >= 0.6 is 24.8 Å².